The fourth-order valence-electron chi connectivity index (χ4n) is 7.04. The maximum absolute atomic E-state index is 14.5. The van der Waals surface area contributed by atoms with Crippen molar-refractivity contribution in [2.45, 2.75) is 36.0 Å². The minimum absolute atomic E-state index is 0.188. The van der Waals surface area contributed by atoms with Crippen LogP contribution in [0.25, 0.3) is 43.1 Å². The van der Waals surface area contributed by atoms with Crippen LogP contribution in [0, 0.1) is 22.7 Å². The van der Waals surface area contributed by atoms with Gasteiger partial charge in [-0.05, 0) is 35.0 Å². The molecule has 56 heavy (non-hydrogen) atoms. The zero-order chi connectivity index (χ0) is 41.6. The molecule has 0 bridgehead atoms. The van der Waals surface area contributed by atoms with Gasteiger partial charge in [0.05, 0.1) is 47.5 Å². The van der Waals surface area contributed by atoms with Gasteiger partial charge in [-0.1, -0.05) is 12.1 Å². The van der Waals surface area contributed by atoms with Crippen molar-refractivity contribution < 1.29 is 80.6 Å². The van der Waals surface area contributed by atoms with Crippen molar-refractivity contribution in [1.29, 1.82) is 10.5 Å². The Morgan fingerprint density at radius 1 is 0.446 bits per heavy atom. The Bertz CT molecular complexity index is 2570. The third-order valence-electron chi connectivity index (χ3n) is 9.59. The number of carbonyl (C=O) groups is 4. The zero-order valence-corrected chi connectivity index (χ0v) is 26.6. The predicted molar refractivity (Wildman–Crippen MR) is 160 cm³/mol. The second-order valence-corrected chi connectivity index (χ2v) is 12.7. The number of rotatable bonds is 6. The van der Waals surface area contributed by atoms with E-state index >= 15 is 0 Å². The van der Waals surface area contributed by atoms with Gasteiger partial charge in [-0.15, -0.1) is 0 Å². The van der Waals surface area contributed by atoms with Gasteiger partial charge < -0.3 is 0 Å². The lowest BCUT2D eigenvalue weighted by atomic mass is 9.79. The van der Waals surface area contributed by atoms with Crippen LogP contribution < -0.4 is 0 Å². The van der Waals surface area contributed by atoms with Gasteiger partial charge in [-0.3, -0.25) is 29.0 Å². The van der Waals surface area contributed by atoms with Crippen molar-refractivity contribution in [3.05, 3.63) is 69.8 Å². The Hall–Kier alpha value is -6.32. The van der Waals surface area contributed by atoms with Gasteiger partial charge in [-0.2, -0.15) is 72.0 Å². The molecule has 288 valence electrons. The zero-order valence-electron chi connectivity index (χ0n) is 26.6. The highest BCUT2D eigenvalue weighted by Gasteiger charge is 2.74. The van der Waals surface area contributed by atoms with Crippen molar-refractivity contribution >= 4 is 66.7 Å². The Labute approximate surface area is 299 Å². The van der Waals surface area contributed by atoms with Gasteiger partial charge in [0.1, 0.15) is 0 Å². The van der Waals surface area contributed by atoms with E-state index in [2.05, 4.69) is 0 Å². The molecule has 5 aromatic carbocycles. The first-order valence-corrected chi connectivity index (χ1v) is 15.1. The van der Waals surface area contributed by atoms with Crippen LogP contribution in [0.4, 0.5) is 61.5 Å². The maximum Gasteiger partial charge on any atom is 0.459 e. The number of halogens is 14. The van der Waals surface area contributed by atoms with E-state index in [1.165, 1.54) is 0 Å². The average molecular weight is 804 g/mol. The van der Waals surface area contributed by atoms with Crippen LogP contribution in [0.3, 0.4) is 0 Å². The van der Waals surface area contributed by atoms with Gasteiger partial charge in [-0.25, -0.2) is 0 Å². The molecule has 0 saturated heterocycles. The summed E-state index contributed by atoms with van der Waals surface area (Å²) < 4.78 is 191. The predicted octanol–water partition coefficient (Wildman–Crippen LogP) is 8.34. The minimum atomic E-state index is -6.82. The molecule has 8 nitrogen and oxygen atoms in total. The Morgan fingerprint density at radius 2 is 0.750 bits per heavy atom. The van der Waals surface area contributed by atoms with Gasteiger partial charge in [0.25, 0.3) is 23.6 Å². The summed E-state index contributed by atoms with van der Waals surface area (Å²) >= 11 is 0. The van der Waals surface area contributed by atoms with Gasteiger partial charge in [0, 0.05) is 43.4 Å². The van der Waals surface area contributed by atoms with Crippen molar-refractivity contribution in [3.8, 4) is 12.1 Å². The molecule has 0 N–H and O–H groups in total. The van der Waals surface area contributed by atoms with Crippen molar-refractivity contribution in [2.75, 3.05) is 13.1 Å². The Kier molecular flexibility index (Phi) is 7.55. The summed E-state index contributed by atoms with van der Waals surface area (Å²) in [6.45, 7) is -5.54. The molecule has 2 heterocycles. The second kappa shape index (κ2) is 11.1. The van der Waals surface area contributed by atoms with E-state index in [9.17, 15) is 91.2 Å². The highest BCUT2D eigenvalue weighted by atomic mass is 19.4. The van der Waals surface area contributed by atoms with Crippen molar-refractivity contribution in [3.63, 3.8) is 0 Å². The average Bonchev–Trinajstić information content (AvgIpc) is 3.10. The Morgan fingerprint density at radius 3 is 1.04 bits per heavy atom. The summed E-state index contributed by atoms with van der Waals surface area (Å²) in [6.07, 6.45) is -13.6. The van der Waals surface area contributed by atoms with Crippen LogP contribution in [-0.2, 0) is 0 Å². The molecule has 0 spiro atoms. The number of hydrogen-bond acceptors (Lipinski definition) is 6. The monoisotopic (exact) mass is 804 g/mol. The normalized spacial score (nSPS) is 15.9. The second-order valence-electron chi connectivity index (χ2n) is 12.7. The van der Waals surface area contributed by atoms with Crippen molar-refractivity contribution in [2.24, 2.45) is 0 Å². The molecule has 4 amide bonds. The SMILES string of the molecule is N#Cc1cc2c3c(ccc4c5c(C#N)cc6c7c(ccc(c1c34)c75)C(=O)N(CC(F)(F)C(F)(F)C(F)(F)F)C6=O)C(=O)N(CC(F)(F)C(F)(F)C(F)(F)F)C2=O. The van der Waals surface area contributed by atoms with E-state index in [4.69, 9.17) is 0 Å². The van der Waals surface area contributed by atoms with E-state index in [1.807, 2.05) is 0 Å². The van der Waals surface area contributed by atoms with E-state index in [0.717, 1.165) is 24.3 Å². The van der Waals surface area contributed by atoms with E-state index in [1.54, 1.807) is 12.1 Å². The molecule has 0 aromatic heterocycles. The molecule has 2 aliphatic rings. The summed E-state index contributed by atoms with van der Waals surface area (Å²) in [4.78, 5) is 52.8. The summed E-state index contributed by atoms with van der Waals surface area (Å²) in [5.74, 6) is -32.8. The standard InChI is InChI=1S/C34H10F14N4O4/c35-29(36,31(39,40)33(43,44)45)9-51-25(53)15-3-1-13-19-11(7-49)5-18-22-16(26(54)52(28(18)56)10-30(37,38)32(41,42)34(46,47)48)4-2-14(24(19)22)20-12(8-50)6-17(27(51)55)21(15)23(13)20/h1-6H,9-10H2. The van der Waals surface area contributed by atoms with Crippen LogP contribution in [-0.4, -0.2) is 82.6 Å². The molecule has 5 aromatic rings. The molecule has 2 aliphatic heterocycles. The van der Waals surface area contributed by atoms with E-state index in [-0.39, 0.29) is 32.3 Å². The van der Waals surface area contributed by atoms with E-state index in [0.29, 0.717) is 12.1 Å². The first-order chi connectivity index (χ1) is 25.7. The summed E-state index contributed by atoms with van der Waals surface area (Å²) in [5, 5.41) is 18.0. The molecule has 0 radical (unpaired) electrons. The smallest absolute Gasteiger partial charge is 0.269 e. The molecular weight excluding hydrogens is 794 g/mol. The molecule has 22 heteroatoms. The van der Waals surface area contributed by atoms with Crippen LogP contribution >= 0.6 is 0 Å². The first kappa shape index (κ1) is 38.0. The Balaban J connectivity index is 1.48. The third kappa shape index (κ3) is 4.64. The summed E-state index contributed by atoms with van der Waals surface area (Å²) in [6, 6.07) is 8.27. The lowest BCUT2D eigenvalue weighted by Crippen LogP contribution is -2.59. The molecule has 0 fully saturated rings. The van der Waals surface area contributed by atoms with Gasteiger partial charge in [0.15, 0.2) is 0 Å². The van der Waals surface area contributed by atoms with Crippen LogP contribution in [0.5, 0.6) is 0 Å². The number of imide groups is 2. The molecule has 7 rings (SSSR count). The molecule has 0 atom stereocenters. The number of nitrogens with zero attached hydrogens (tertiary/aromatic N) is 4. The largest absolute Gasteiger partial charge is 0.459 e. The number of benzene rings is 5. The number of hydrogen-bond donors (Lipinski definition) is 0. The molecule has 0 unspecified atom stereocenters. The minimum Gasteiger partial charge on any atom is -0.269 e. The number of alkyl halides is 14. The lowest BCUT2D eigenvalue weighted by Gasteiger charge is -2.35. The summed E-state index contributed by atoms with van der Waals surface area (Å²) in [5.41, 5.74) is -4.22. The van der Waals surface area contributed by atoms with E-state index < -0.39 is 127 Å². The number of nitriles is 2. The van der Waals surface area contributed by atoms with Crippen LogP contribution in [0.2, 0.25) is 0 Å². The molecular formula is C34H10F14N4O4. The van der Waals surface area contributed by atoms with Gasteiger partial charge >= 0.3 is 36.0 Å². The topological polar surface area (TPSA) is 122 Å². The first-order valence-electron chi connectivity index (χ1n) is 15.1. The fourth-order valence-corrected chi connectivity index (χ4v) is 7.04. The lowest BCUT2D eigenvalue weighted by molar-refractivity contribution is -0.354. The highest BCUT2D eigenvalue weighted by Crippen LogP contribution is 2.52. The number of fused-ring (bicyclic) bond motifs is 2. The maximum atomic E-state index is 14.5. The number of carbonyl (C=O) groups excluding carboxylic acids is 4. The van der Waals surface area contributed by atoms with Crippen LogP contribution in [0.15, 0.2) is 36.4 Å². The molecule has 0 saturated carbocycles. The highest BCUT2D eigenvalue weighted by molar-refractivity contribution is 6.42. The third-order valence-corrected chi connectivity index (χ3v) is 9.59. The molecule has 0 aliphatic carbocycles. The quantitative estimate of drug-likeness (QED) is 0.0737. The summed E-state index contributed by atoms with van der Waals surface area (Å²) in [7, 11) is 0. The fraction of sp³-hybridized carbons (Fsp3) is 0.235. The van der Waals surface area contributed by atoms with Crippen molar-refractivity contribution in [1.82, 2.24) is 9.80 Å². The number of amides is 4. The van der Waals surface area contributed by atoms with Gasteiger partial charge in [0.2, 0.25) is 0 Å². The van der Waals surface area contributed by atoms with Crippen LogP contribution in [0.1, 0.15) is 52.6 Å².